The van der Waals surface area contributed by atoms with Gasteiger partial charge in [0, 0.05) is 11.3 Å². The molecule has 0 bridgehead atoms. The third kappa shape index (κ3) is 4.77. The molecule has 9 heteroatoms. The van der Waals surface area contributed by atoms with Gasteiger partial charge in [-0.05, 0) is 67.9 Å². The molecule has 1 amide bonds. The lowest BCUT2D eigenvalue weighted by Crippen LogP contribution is -2.29. The molecule has 1 heterocycles. The van der Waals surface area contributed by atoms with Gasteiger partial charge in [-0.3, -0.25) is 14.5 Å². The van der Waals surface area contributed by atoms with Crippen LogP contribution in [-0.4, -0.2) is 28.0 Å². The smallest absolute Gasteiger partial charge is 0.416 e. The normalized spacial score (nSPS) is 17.6. The SMILES string of the molecule is CC(C)Oc1cccc(/C(O)=C2\C(=O)C(=O)N(c3ccc(C(F)(F)F)cc3)C2c2ccc(O)cc2)c1. The van der Waals surface area contributed by atoms with E-state index in [0.29, 0.717) is 11.3 Å². The van der Waals surface area contributed by atoms with Crippen molar-refractivity contribution in [3.8, 4) is 11.5 Å². The molecule has 1 atom stereocenters. The first-order chi connectivity index (χ1) is 17.0. The zero-order chi connectivity index (χ0) is 26.2. The maximum absolute atomic E-state index is 13.2. The summed E-state index contributed by atoms with van der Waals surface area (Å²) in [7, 11) is 0. The zero-order valence-electron chi connectivity index (χ0n) is 19.3. The van der Waals surface area contributed by atoms with Crippen LogP contribution in [0.15, 0.2) is 78.4 Å². The van der Waals surface area contributed by atoms with Crippen LogP contribution in [0.5, 0.6) is 11.5 Å². The van der Waals surface area contributed by atoms with E-state index in [1.165, 1.54) is 30.3 Å². The van der Waals surface area contributed by atoms with Crippen LogP contribution in [0.2, 0.25) is 0 Å². The summed E-state index contributed by atoms with van der Waals surface area (Å²) in [5, 5.41) is 20.9. The molecule has 1 aliphatic rings. The minimum absolute atomic E-state index is 0.0408. The molecule has 3 aromatic carbocycles. The molecule has 6 nitrogen and oxygen atoms in total. The third-order valence-electron chi connectivity index (χ3n) is 5.61. The number of nitrogens with zero attached hydrogens (tertiary/aromatic N) is 1. The van der Waals surface area contributed by atoms with Gasteiger partial charge in [0.15, 0.2) is 0 Å². The van der Waals surface area contributed by atoms with E-state index < -0.39 is 35.2 Å². The Morgan fingerprint density at radius 3 is 2.19 bits per heavy atom. The second-order valence-electron chi connectivity index (χ2n) is 8.50. The molecular formula is C27H22F3NO5. The van der Waals surface area contributed by atoms with E-state index in [9.17, 15) is 33.0 Å². The van der Waals surface area contributed by atoms with Crippen LogP contribution in [0.25, 0.3) is 5.76 Å². The molecule has 2 N–H and O–H groups in total. The fourth-order valence-corrected chi connectivity index (χ4v) is 4.03. The maximum Gasteiger partial charge on any atom is 0.416 e. The number of ether oxygens (including phenoxy) is 1. The molecular weight excluding hydrogens is 475 g/mol. The van der Waals surface area contributed by atoms with Crippen LogP contribution in [0.4, 0.5) is 18.9 Å². The minimum Gasteiger partial charge on any atom is -0.508 e. The molecule has 36 heavy (non-hydrogen) atoms. The third-order valence-corrected chi connectivity index (χ3v) is 5.61. The lowest BCUT2D eigenvalue weighted by atomic mass is 9.95. The number of halogens is 3. The minimum atomic E-state index is -4.58. The van der Waals surface area contributed by atoms with E-state index in [4.69, 9.17) is 4.74 Å². The Bertz CT molecular complexity index is 1330. The summed E-state index contributed by atoms with van der Waals surface area (Å²) in [6.07, 6.45) is -4.73. The lowest BCUT2D eigenvalue weighted by Gasteiger charge is -2.26. The van der Waals surface area contributed by atoms with Gasteiger partial charge in [0.05, 0.1) is 23.3 Å². The second-order valence-corrected chi connectivity index (χ2v) is 8.50. The first-order valence-electron chi connectivity index (χ1n) is 11.0. The van der Waals surface area contributed by atoms with E-state index in [2.05, 4.69) is 0 Å². The summed E-state index contributed by atoms with van der Waals surface area (Å²) >= 11 is 0. The predicted molar refractivity (Wildman–Crippen MR) is 127 cm³/mol. The van der Waals surface area contributed by atoms with Gasteiger partial charge in [0.25, 0.3) is 11.7 Å². The van der Waals surface area contributed by atoms with Crippen molar-refractivity contribution in [2.24, 2.45) is 0 Å². The quantitative estimate of drug-likeness (QED) is 0.263. The number of hydrogen-bond acceptors (Lipinski definition) is 5. The zero-order valence-corrected chi connectivity index (χ0v) is 19.3. The number of aliphatic hydroxyl groups is 1. The lowest BCUT2D eigenvalue weighted by molar-refractivity contribution is -0.137. The Morgan fingerprint density at radius 2 is 1.61 bits per heavy atom. The number of carbonyl (C=O) groups excluding carboxylic acids is 2. The standard InChI is InChI=1S/C27H22F3NO5/c1-15(2)36-21-5-3-4-17(14-21)24(33)22-23(16-6-12-20(32)13-7-16)31(26(35)25(22)34)19-10-8-18(9-11-19)27(28,29)30/h3-15,23,32-33H,1-2H3/b24-22+. The first-order valence-corrected chi connectivity index (χ1v) is 11.0. The number of carbonyl (C=O) groups is 2. The Hall–Kier alpha value is -4.27. The largest absolute Gasteiger partial charge is 0.508 e. The number of rotatable bonds is 5. The molecule has 0 saturated carbocycles. The number of ketones is 1. The van der Waals surface area contributed by atoms with Gasteiger partial charge in [0.2, 0.25) is 0 Å². The summed E-state index contributed by atoms with van der Waals surface area (Å²) in [6.45, 7) is 3.65. The van der Waals surface area contributed by atoms with Crippen molar-refractivity contribution in [2.45, 2.75) is 32.2 Å². The highest BCUT2D eigenvalue weighted by molar-refractivity contribution is 6.51. The molecule has 1 fully saturated rings. The van der Waals surface area contributed by atoms with Crippen LogP contribution in [0, 0.1) is 0 Å². The highest BCUT2D eigenvalue weighted by Crippen LogP contribution is 2.43. The van der Waals surface area contributed by atoms with E-state index in [0.717, 1.165) is 29.2 Å². The topological polar surface area (TPSA) is 87.1 Å². The second kappa shape index (κ2) is 9.41. The van der Waals surface area contributed by atoms with Crippen molar-refractivity contribution in [3.63, 3.8) is 0 Å². The Balaban J connectivity index is 1.88. The summed E-state index contributed by atoms with van der Waals surface area (Å²) in [5.41, 5.74) is -0.525. The number of Topliss-reactive ketones (excluding diaryl/α,β-unsaturated/α-hetero) is 1. The maximum atomic E-state index is 13.2. The fraction of sp³-hybridized carbons (Fsp3) is 0.185. The fourth-order valence-electron chi connectivity index (χ4n) is 4.03. The average Bonchev–Trinajstić information content (AvgIpc) is 3.09. The van der Waals surface area contributed by atoms with Crippen LogP contribution in [0.1, 0.15) is 36.6 Å². The van der Waals surface area contributed by atoms with Gasteiger partial charge in [-0.1, -0.05) is 24.3 Å². The van der Waals surface area contributed by atoms with Gasteiger partial charge in [-0.15, -0.1) is 0 Å². The van der Waals surface area contributed by atoms with E-state index >= 15 is 0 Å². The van der Waals surface area contributed by atoms with Crippen LogP contribution in [0.3, 0.4) is 0 Å². The van der Waals surface area contributed by atoms with E-state index in [1.54, 1.807) is 18.2 Å². The number of aliphatic hydroxyl groups excluding tert-OH is 1. The van der Waals surface area contributed by atoms with Crippen molar-refractivity contribution in [2.75, 3.05) is 4.90 Å². The van der Waals surface area contributed by atoms with Gasteiger partial charge in [-0.2, -0.15) is 13.2 Å². The number of aromatic hydroxyl groups is 1. The number of benzene rings is 3. The molecule has 4 rings (SSSR count). The van der Waals surface area contributed by atoms with Gasteiger partial charge in [-0.25, -0.2) is 0 Å². The summed E-state index contributed by atoms with van der Waals surface area (Å²) in [6, 6.07) is 14.7. The van der Waals surface area contributed by atoms with Crippen LogP contribution < -0.4 is 9.64 Å². The number of phenolic OH excluding ortho intramolecular Hbond substituents is 1. The summed E-state index contributed by atoms with van der Waals surface area (Å²) in [5.74, 6) is -2.10. The van der Waals surface area contributed by atoms with Crippen molar-refractivity contribution in [1.82, 2.24) is 0 Å². The van der Waals surface area contributed by atoms with E-state index in [-0.39, 0.29) is 28.7 Å². The first kappa shape index (κ1) is 24.8. The summed E-state index contributed by atoms with van der Waals surface area (Å²) in [4.78, 5) is 27.3. The molecule has 0 spiro atoms. The number of amides is 1. The average molecular weight is 497 g/mol. The van der Waals surface area contributed by atoms with Gasteiger partial charge >= 0.3 is 6.18 Å². The van der Waals surface area contributed by atoms with Gasteiger partial charge < -0.3 is 14.9 Å². The molecule has 0 aliphatic carbocycles. The Morgan fingerprint density at radius 1 is 0.972 bits per heavy atom. The highest BCUT2D eigenvalue weighted by Gasteiger charge is 2.47. The number of phenols is 1. The monoisotopic (exact) mass is 497 g/mol. The Labute approximate surface area is 204 Å². The molecule has 1 saturated heterocycles. The van der Waals surface area contributed by atoms with Crippen molar-refractivity contribution < 1.29 is 37.7 Å². The predicted octanol–water partition coefficient (Wildman–Crippen LogP) is 5.82. The van der Waals surface area contributed by atoms with Crippen molar-refractivity contribution in [3.05, 3.63) is 95.1 Å². The Kier molecular flexibility index (Phi) is 6.49. The number of hydrogen-bond donors (Lipinski definition) is 2. The van der Waals surface area contributed by atoms with E-state index in [1.807, 2.05) is 13.8 Å². The number of anilines is 1. The van der Waals surface area contributed by atoms with Crippen molar-refractivity contribution in [1.29, 1.82) is 0 Å². The van der Waals surface area contributed by atoms with Crippen LogP contribution in [-0.2, 0) is 15.8 Å². The molecule has 186 valence electrons. The summed E-state index contributed by atoms with van der Waals surface area (Å²) < 4.78 is 44.9. The number of alkyl halides is 3. The molecule has 0 aromatic heterocycles. The van der Waals surface area contributed by atoms with Crippen molar-refractivity contribution >= 4 is 23.1 Å². The molecule has 1 aliphatic heterocycles. The molecule has 1 unspecified atom stereocenters. The molecule has 3 aromatic rings. The molecule has 0 radical (unpaired) electrons. The van der Waals surface area contributed by atoms with Crippen LogP contribution >= 0.6 is 0 Å². The highest BCUT2D eigenvalue weighted by atomic mass is 19.4. The van der Waals surface area contributed by atoms with Gasteiger partial charge in [0.1, 0.15) is 17.3 Å².